The van der Waals surface area contributed by atoms with Gasteiger partial charge in [0.2, 0.25) is 0 Å². The molecular formula is C24H25N3O5. The van der Waals surface area contributed by atoms with Gasteiger partial charge >= 0.3 is 0 Å². The lowest BCUT2D eigenvalue weighted by Crippen LogP contribution is -2.31. The molecule has 1 aliphatic carbocycles. The summed E-state index contributed by atoms with van der Waals surface area (Å²) in [6.45, 7) is 1.09. The third-order valence-corrected chi connectivity index (χ3v) is 5.87. The van der Waals surface area contributed by atoms with E-state index in [0.717, 1.165) is 30.7 Å². The molecule has 1 unspecified atom stereocenters. The fourth-order valence-electron chi connectivity index (χ4n) is 3.93. The molecule has 3 aromatic rings. The molecular weight excluding hydrogens is 410 g/mol. The van der Waals surface area contributed by atoms with Crippen molar-refractivity contribution in [2.45, 2.75) is 31.3 Å². The van der Waals surface area contributed by atoms with Crippen LogP contribution >= 0.6 is 0 Å². The Morgan fingerprint density at radius 1 is 1.06 bits per heavy atom. The molecule has 1 aliphatic heterocycles. The van der Waals surface area contributed by atoms with E-state index in [-0.39, 0.29) is 12.0 Å². The Balaban J connectivity index is 1.29. The Labute approximate surface area is 186 Å². The number of aromatic nitrogens is 2. The third-order valence-electron chi connectivity index (χ3n) is 5.87. The molecule has 1 atom stereocenters. The molecule has 8 nitrogen and oxygen atoms in total. The van der Waals surface area contributed by atoms with Gasteiger partial charge in [-0.2, -0.15) is 4.98 Å². The molecule has 1 saturated carbocycles. The first-order chi connectivity index (χ1) is 15.7. The fraction of sp³-hybridized carbons (Fsp3) is 0.375. The Morgan fingerprint density at radius 3 is 2.69 bits per heavy atom. The number of carbonyl (C=O) groups is 1. The van der Waals surface area contributed by atoms with Crippen LogP contribution in [0.25, 0.3) is 11.5 Å². The molecule has 5 rings (SSSR count). The van der Waals surface area contributed by atoms with Crippen LogP contribution < -0.4 is 14.2 Å². The number of amides is 1. The third kappa shape index (κ3) is 4.00. The minimum atomic E-state index is -0.129. The SMILES string of the molecule is COc1ccc(C(=O)N2CCC(Oc3ccccc3-c3nc(C4CC4)no3)C2)c(OC)c1. The van der Waals surface area contributed by atoms with E-state index in [1.807, 2.05) is 24.3 Å². The summed E-state index contributed by atoms with van der Waals surface area (Å²) in [7, 11) is 3.13. The van der Waals surface area contributed by atoms with Crippen LogP contribution in [0.2, 0.25) is 0 Å². The van der Waals surface area contributed by atoms with Gasteiger partial charge in [0, 0.05) is 24.9 Å². The van der Waals surface area contributed by atoms with Crippen molar-refractivity contribution >= 4 is 5.91 Å². The highest BCUT2D eigenvalue weighted by atomic mass is 16.5. The van der Waals surface area contributed by atoms with Gasteiger partial charge in [-0.25, -0.2) is 0 Å². The number of benzene rings is 2. The fourth-order valence-corrected chi connectivity index (χ4v) is 3.93. The number of para-hydroxylation sites is 1. The summed E-state index contributed by atoms with van der Waals surface area (Å²) in [6.07, 6.45) is 2.83. The zero-order chi connectivity index (χ0) is 22.1. The van der Waals surface area contributed by atoms with Gasteiger partial charge < -0.3 is 23.6 Å². The highest BCUT2D eigenvalue weighted by Gasteiger charge is 2.32. The Bertz CT molecular complexity index is 1120. The van der Waals surface area contributed by atoms with Crippen LogP contribution in [0.15, 0.2) is 47.0 Å². The minimum absolute atomic E-state index is 0.0881. The second kappa shape index (κ2) is 8.53. The van der Waals surface area contributed by atoms with E-state index < -0.39 is 0 Å². The molecule has 32 heavy (non-hydrogen) atoms. The van der Waals surface area contributed by atoms with E-state index in [4.69, 9.17) is 18.7 Å². The van der Waals surface area contributed by atoms with Gasteiger partial charge in [0.1, 0.15) is 23.4 Å². The quantitative estimate of drug-likeness (QED) is 0.556. The number of hydrogen-bond donors (Lipinski definition) is 0. The van der Waals surface area contributed by atoms with Crippen molar-refractivity contribution in [1.82, 2.24) is 15.0 Å². The van der Waals surface area contributed by atoms with Crippen molar-refractivity contribution in [3.8, 4) is 28.7 Å². The topological polar surface area (TPSA) is 86.9 Å². The van der Waals surface area contributed by atoms with Gasteiger partial charge in [-0.1, -0.05) is 17.3 Å². The molecule has 2 heterocycles. The Morgan fingerprint density at radius 2 is 1.91 bits per heavy atom. The average Bonchev–Trinajstić information content (AvgIpc) is 3.38. The van der Waals surface area contributed by atoms with Gasteiger partial charge in [-0.3, -0.25) is 4.79 Å². The first-order valence-corrected chi connectivity index (χ1v) is 10.8. The molecule has 2 fully saturated rings. The first kappa shape index (κ1) is 20.4. The highest BCUT2D eigenvalue weighted by Crippen LogP contribution is 2.40. The maximum Gasteiger partial charge on any atom is 0.261 e. The van der Waals surface area contributed by atoms with Crippen LogP contribution in [0.5, 0.6) is 17.2 Å². The second-order valence-corrected chi connectivity index (χ2v) is 8.07. The maximum absolute atomic E-state index is 13.1. The van der Waals surface area contributed by atoms with E-state index in [1.165, 1.54) is 0 Å². The molecule has 1 aromatic heterocycles. The summed E-state index contributed by atoms with van der Waals surface area (Å²) in [5.41, 5.74) is 1.28. The molecule has 1 saturated heterocycles. The van der Waals surface area contributed by atoms with E-state index in [9.17, 15) is 4.79 Å². The predicted molar refractivity (Wildman–Crippen MR) is 116 cm³/mol. The lowest BCUT2D eigenvalue weighted by molar-refractivity contribution is 0.0769. The predicted octanol–water partition coefficient (Wildman–Crippen LogP) is 3.92. The number of likely N-dealkylation sites (tertiary alicyclic amines) is 1. The number of ether oxygens (including phenoxy) is 3. The maximum atomic E-state index is 13.1. The van der Waals surface area contributed by atoms with Gasteiger partial charge in [-0.15, -0.1) is 0 Å². The zero-order valence-corrected chi connectivity index (χ0v) is 18.1. The number of nitrogens with zero attached hydrogens (tertiary/aromatic N) is 3. The van der Waals surface area contributed by atoms with E-state index >= 15 is 0 Å². The van der Waals surface area contributed by atoms with E-state index in [2.05, 4.69) is 10.1 Å². The number of rotatable bonds is 7. The number of carbonyl (C=O) groups excluding carboxylic acids is 1. The van der Waals surface area contributed by atoms with Crippen LogP contribution in [0, 0.1) is 0 Å². The summed E-state index contributed by atoms with van der Waals surface area (Å²) >= 11 is 0. The van der Waals surface area contributed by atoms with Crippen LogP contribution in [0.4, 0.5) is 0 Å². The van der Waals surface area contributed by atoms with Gasteiger partial charge in [-0.05, 0) is 37.1 Å². The molecule has 0 N–H and O–H groups in total. The monoisotopic (exact) mass is 435 g/mol. The van der Waals surface area contributed by atoms with Crippen molar-refractivity contribution in [1.29, 1.82) is 0 Å². The molecule has 1 amide bonds. The van der Waals surface area contributed by atoms with Gasteiger partial charge in [0.25, 0.3) is 11.8 Å². The number of methoxy groups -OCH3 is 2. The summed E-state index contributed by atoms with van der Waals surface area (Å²) in [4.78, 5) is 19.4. The lowest BCUT2D eigenvalue weighted by atomic mass is 10.1. The molecule has 166 valence electrons. The number of hydrogen-bond acceptors (Lipinski definition) is 7. The average molecular weight is 435 g/mol. The standard InChI is InChI=1S/C24H25N3O5/c1-29-16-9-10-19(21(13-16)30-2)24(28)27-12-11-17(14-27)31-20-6-4-3-5-18(20)23-25-22(26-32-23)15-7-8-15/h3-6,9-10,13,15,17H,7-8,11-12,14H2,1-2H3. The molecule has 0 bridgehead atoms. The van der Waals surface area contributed by atoms with Crippen LogP contribution in [0.3, 0.4) is 0 Å². The van der Waals surface area contributed by atoms with E-state index in [1.54, 1.807) is 37.3 Å². The molecule has 0 radical (unpaired) electrons. The van der Waals surface area contributed by atoms with Crippen LogP contribution in [-0.4, -0.2) is 54.4 Å². The second-order valence-electron chi connectivity index (χ2n) is 8.07. The summed E-state index contributed by atoms with van der Waals surface area (Å²) in [5, 5.41) is 4.11. The summed E-state index contributed by atoms with van der Waals surface area (Å²) in [6, 6.07) is 12.9. The lowest BCUT2D eigenvalue weighted by Gasteiger charge is -2.19. The molecule has 0 spiro atoms. The molecule has 8 heteroatoms. The summed E-state index contributed by atoms with van der Waals surface area (Å²) in [5.74, 6) is 3.38. The Kier molecular flexibility index (Phi) is 5.43. The van der Waals surface area contributed by atoms with E-state index in [0.29, 0.717) is 47.7 Å². The van der Waals surface area contributed by atoms with Gasteiger partial charge in [0.05, 0.1) is 31.9 Å². The Hall–Kier alpha value is -3.55. The van der Waals surface area contributed by atoms with Crippen molar-refractivity contribution < 1.29 is 23.5 Å². The van der Waals surface area contributed by atoms with Crippen LogP contribution in [-0.2, 0) is 0 Å². The largest absolute Gasteiger partial charge is 0.497 e. The van der Waals surface area contributed by atoms with Crippen LogP contribution in [0.1, 0.15) is 41.4 Å². The molecule has 2 aromatic carbocycles. The van der Waals surface area contributed by atoms with Crippen molar-refractivity contribution in [3.63, 3.8) is 0 Å². The minimum Gasteiger partial charge on any atom is -0.497 e. The normalized spacial score (nSPS) is 17.9. The van der Waals surface area contributed by atoms with Gasteiger partial charge in [0.15, 0.2) is 5.82 Å². The first-order valence-electron chi connectivity index (χ1n) is 10.8. The van der Waals surface area contributed by atoms with Crippen molar-refractivity contribution in [2.24, 2.45) is 0 Å². The molecule has 2 aliphatic rings. The van der Waals surface area contributed by atoms with Crippen molar-refractivity contribution in [2.75, 3.05) is 27.3 Å². The highest BCUT2D eigenvalue weighted by molar-refractivity contribution is 5.97. The van der Waals surface area contributed by atoms with Crippen molar-refractivity contribution in [3.05, 3.63) is 53.9 Å². The smallest absolute Gasteiger partial charge is 0.261 e. The summed E-state index contributed by atoms with van der Waals surface area (Å²) < 4.78 is 22.4. The zero-order valence-electron chi connectivity index (χ0n) is 18.1.